The second kappa shape index (κ2) is 6.55. The quantitative estimate of drug-likeness (QED) is 0.908. The molecular weight excluding hydrogens is 343 g/mol. The third-order valence-corrected chi connectivity index (χ3v) is 4.12. The molecule has 4 rings (SSSR count). The molecule has 1 saturated heterocycles. The van der Waals surface area contributed by atoms with Crippen molar-refractivity contribution in [2.45, 2.75) is 6.10 Å². The van der Waals surface area contributed by atoms with E-state index >= 15 is 0 Å². The van der Waals surface area contributed by atoms with E-state index in [-0.39, 0.29) is 25.8 Å². The summed E-state index contributed by atoms with van der Waals surface area (Å²) in [5, 5.41) is 2.72. The van der Waals surface area contributed by atoms with Crippen molar-refractivity contribution in [3.63, 3.8) is 0 Å². The number of rotatable bonds is 4. The van der Waals surface area contributed by atoms with E-state index in [1.54, 1.807) is 24.3 Å². The summed E-state index contributed by atoms with van der Waals surface area (Å²) in [7, 11) is 0. The minimum absolute atomic E-state index is 0.133. The summed E-state index contributed by atoms with van der Waals surface area (Å²) in [4.78, 5) is 25.6. The topological polar surface area (TPSA) is 77.1 Å². The number of carbonyl (C=O) groups excluding carboxylic acids is 2. The molecule has 0 spiro atoms. The molecule has 2 aliphatic heterocycles. The van der Waals surface area contributed by atoms with Gasteiger partial charge in [0.25, 0.3) is 5.91 Å². The maximum atomic E-state index is 13.3. The molecule has 1 atom stereocenters. The largest absolute Gasteiger partial charge is 0.454 e. The van der Waals surface area contributed by atoms with Crippen LogP contribution in [0.5, 0.6) is 11.5 Å². The fourth-order valence-corrected chi connectivity index (χ4v) is 2.83. The predicted molar refractivity (Wildman–Crippen MR) is 88.9 cm³/mol. The maximum absolute atomic E-state index is 13.3. The zero-order valence-corrected chi connectivity index (χ0v) is 13.6. The number of nitrogens with zero attached hydrogens (tertiary/aromatic N) is 1. The van der Waals surface area contributed by atoms with Gasteiger partial charge in [-0.15, -0.1) is 0 Å². The predicted octanol–water partition coefficient (Wildman–Crippen LogP) is 2.31. The molecule has 1 N–H and O–H groups in total. The van der Waals surface area contributed by atoms with Crippen molar-refractivity contribution >= 4 is 17.7 Å². The zero-order chi connectivity index (χ0) is 18.1. The van der Waals surface area contributed by atoms with E-state index in [0.717, 1.165) is 0 Å². The Bertz CT molecular complexity index is 872. The summed E-state index contributed by atoms with van der Waals surface area (Å²) in [5.41, 5.74) is 0.833. The van der Waals surface area contributed by atoms with Crippen molar-refractivity contribution in [2.75, 3.05) is 24.8 Å². The molecule has 2 heterocycles. The number of carbonyl (C=O) groups is 2. The van der Waals surface area contributed by atoms with Crippen molar-refractivity contribution < 1.29 is 28.2 Å². The van der Waals surface area contributed by atoms with Crippen LogP contribution in [0.25, 0.3) is 0 Å². The molecule has 7 nitrogen and oxygen atoms in total. The Kier molecular flexibility index (Phi) is 4.08. The summed E-state index contributed by atoms with van der Waals surface area (Å²) >= 11 is 0. The van der Waals surface area contributed by atoms with E-state index in [1.807, 2.05) is 0 Å². The second-order valence-electron chi connectivity index (χ2n) is 5.87. The van der Waals surface area contributed by atoms with E-state index < -0.39 is 18.0 Å². The molecule has 2 aliphatic rings. The number of halogens is 1. The average molecular weight is 358 g/mol. The Hall–Kier alpha value is -3.29. The standard InChI is InChI=1S/C18H15FN2O5/c19-12-2-1-3-13(7-12)21-9-14(26-18(21)23)8-20-17(22)11-4-5-15-16(6-11)25-10-24-15/h1-7,14H,8-10H2,(H,20,22). The van der Waals surface area contributed by atoms with E-state index in [9.17, 15) is 14.0 Å². The first-order chi connectivity index (χ1) is 12.6. The molecule has 0 radical (unpaired) electrons. The van der Waals surface area contributed by atoms with Crippen molar-refractivity contribution in [1.82, 2.24) is 5.32 Å². The molecule has 2 aromatic carbocycles. The molecular formula is C18H15FN2O5. The molecule has 0 saturated carbocycles. The molecule has 26 heavy (non-hydrogen) atoms. The van der Waals surface area contributed by atoms with Crippen molar-refractivity contribution in [1.29, 1.82) is 0 Å². The highest BCUT2D eigenvalue weighted by Crippen LogP contribution is 2.32. The Morgan fingerprint density at radius 1 is 1.19 bits per heavy atom. The minimum atomic E-state index is -0.571. The van der Waals surface area contributed by atoms with Crippen LogP contribution in [0, 0.1) is 5.82 Å². The lowest BCUT2D eigenvalue weighted by Gasteiger charge is -2.13. The number of hydrogen-bond acceptors (Lipinski definition) is 5. The first-order valence-electron chi connectivity index (χ1n) is 8.02. The fourth-order valence-electron chi connectivity index (χ4n) is 2.83. The Balaban J connectivity index is 1.36. The number of cyclic esters (lactones) is 1. The van der Waals surface area contributed by atoms with Gasteiger partial charge in [-0.3, -0.25) is 9.69 Å². The van der Waals surface area contributed by atoms with E-state index in [2.05, 4.69) is 5.32 Å². The highest BCUT2D eigenvalue weighted by Gasteiger charge is 2.32. The van der Waals surface area contributed by atoms with Gasteiger partial charge < -0.3 is 19.5 Å². The van der Waals surface area contributed by atoms with E-state index in [1.165, 1.54) is 23.1 Å². The number of amides is 2. The van der Waals surface area contributed by atoms with Crippen LogP contribution >= 0.6 is 0 Å². The van der Waals surface area contributed by atoms with E-state index in [0.29, 0.717) is 22.7 Å². The van der Waals surface area contributed by atoms with Gasteiger partial charge in [-0.05, 0) is 36.4 Å². The highest BCUT2D eigenvalue weighted by molar-refractivity contribution is 5.95. The Morgan fingerprint density at radius 3 is 2.88 bits per heavy atom. The minimum Gasteiger partial charge on any atom is -0.454 e. The van der Waals surface area contributed by atoms with Crippen molar-refractivity contribution in [3.05, 3.63) is 53.8 Å². The van der Waals surface area contributed by atoms with Gasteiger partial charge in [-0.25, -0.2) is 9.18 Å². The number of anilines is 1. The molecule has 2 aromatic rings. The van der Waals surface area contributed by atoms with E-state index in [4.69, 9.17) is 14.2 Å². The summed E-state index contributed by atoms with van der Waals surface area (Å²) < 4.78 is 29.0. The number of fused-ring (bicyclic) bond motifs is 1. The van der Waals surface area contributed by atoms with Gasteiger partial charge in [0, 0.05) is 5.56 Å². The lowest BCUT2D eigenvalue weighted by molar-refractivity contribution is 0.0915. The zero-order valence-electron chi connectivity index (χ0n) is 13.6. The van der Waals surface area contributed by atoms with Gasteiger partial charge in [0.1, 0.15) is 11.9 Å². The molecule has 1 fully saturated rings. The average Bonchev–Trinajstić information content (AvgIpc) is 3.25. The summed E-state index contributed by atoms with van der Waals surface area (Å²) in [5.74, 6) is 0.359. The molecule has 0 aromatic heterocycles. The van der Waals surface area contributed by atoms with Gasteiger partial charge >= 0.3 is 6.09 Å². The SMILES string of the molecule is O=C(NCC1CN(c2cccc(F)c2)C(=O)O1)c1ccc2c(c1)OCO2. The van der Waals surface area contributed by atoms with Crippen LogP contribution in [0.4, 0.5) is 14.9 Å². The van der Waals surface area contributed by atoms with Crippen LogP contribution in [0.2, 0.25) is 0 Å². The van der Waals surface area contributed by atoms with Crippen molar-refractivity contribution in [3.8, 4) is 11.5 Å². The number of benzene rings is 2. The Morgan fingerprint density at radius 2 is 2.04 bits per heavy atom. The van der Waals surface area contributed by atoms with Crippen LogP contribution in [0.1, 0.15) is 10.4 Å². The fraction of sp³-hybridized carbons (Fsp3) is 0.222. The third kappa shape index (κ3) is 3.13. The first-order valence-corrected chi connectivity index (χ1v) is 8.02. The van der Waals surface area contributed by atoms with Crippen LogP contribution in [-0.4, -0.2) is 38.0 Å². The molecule has 0 aliphatic carbocycles. The summed E-state index contributed by atoms with van der Waals surface area (Å²) in [6.45, 7) is 0.503. The second-order valence-corrected chi connectivity index (χ2v) is 5.87. The molecule has 2 amide bonds. The van der Waals surface area contributed by atoms with Crippen LogP contribution < -0.4 is 19.7 Å². The highest BCUT2D eigenvalue weighted by atomic mass is 19.1. The molecule has 134 valence electrons. The van der Waals surface area contributed by atoms with Gasteiger partial charge in [-0.1, -0.05) is 6.07 Å². The maximum Gasteiger partial charge on any atom is 0.414 e. The third-order valence-electron chi connectivity index (χ3n) is 4.12. The molecule has 8 heteroatoms. The lowest BCUT2D eigenvalue weighted by atomic mass is 10.2. The van der Waals surface area contributed by atoms with Gasteiger partial charge in [0.15, 0.2) is 11.5 Å². The number of hydrogen-bond donors (Lipinski definition) is 1. The number of ether oxygens (including phenoxy) is 3. The molecule has 1 unspecified atom stereocenters. The van der Waals surface area contributed by atoms with Crippen LogP contribution in [-0.2, 0) is 4.74 Å². The van der Waals surface area contributed by atoms with Crippen molar-refractivity contribution in [2.24, 2.45) is 0 Å². The summed E-state index contributed by atoms with van der Waals surface area (Å²) in [6.07, 6.45) is -1.10. The van der Waals surface area contributed by atoms with Gasteiger partial charge in [-0.2, -0.15) is 0 Å². The monoisotopic (exact) mass is 358 g/mol. The molecule has 0 bridgehead atoms. The van der Waals surface area contributed by atoms with Crippen LogP contribution in [0.15, 0.2) is 42.5 Å². The Labute approximate surface area is 148 Å². The summed E-state index contributed by atoms with van der Waals surface area (Å²) in [6, 6.07) is 10.6. The lowest BCUT2D eigenvalue weighted by Crippen LogP contribution is -2.34. The number of nitrogens with one attached hydrogen (secondary N) is 1. The smallest absolute Gasteiger partial charge is 0.414 e. The van der Waals surface area contributed by atoms with Crippen LogP contribution in [0.3, 0.4) is 0 Å². The van der Waals surface area contributed by atoms with Gasteiger partial charge in [0.2, 0.25) is 6.79 Å². The first kappa shape index (κ1) is 16.2. The normalized spacial score (nSPS) is 18.0. The van der Waals surface area contributed by atoms with Gasteiger partial charge in [0.05, 0.1) is 18.8 Å².